The summed E-state index contributed by atoms with van der Waals surface area (Å²) in [6.07, 6.45) is 0. The van der Waals surface area contributed by atoms with Crippen LogP contribution in [0.1, 0.15) is 332 Å². The van der Waals surface area contributed by atoms with Gasteiger partial charge in [0.15, 0.2) is 0 Å². The standard InChI is InChI=1S/C32H60.C25H48.C18H36/c1-21(29(13,14)23(3)25(5)31(17,18)27(7,8)9)22(2)30(15,16)24(4)26(6)32(19,20)28(10,11)12;1-17(19(3)24(13,14)21(5,6)7)23(11,12)18(2)20(4)25(15,16)22(8,9)10;1-13(17(9,10)15(3,4)5)14(2)18(11,12)16(6,7)8/h1-20H3;1-16H3;1-12H3/b22-21-,25-23-,26-24-;19-17-,20-18-;14-13-. The van der Waals surface area contributed by atoms with Gasteiger partial charge in [-0.2, -0.15) is 0 Å². The Kier molecular flexibility index (Phi) is 24.7. The first-order valence-electron chi connectivity index (χ1n) is 30.0. The van der Waals surface area contributed by atoms with E-state index in [-0.39, 0.29) is 81.2 Å². The molecule has 0 fully saturated rings. The van der Waals surface area contributed by atoms with Gasteiger partial charge in [-0.3, -0.25) is 0 Å². The Morgan fingerprint density at radius 2 is 0.187 bits per heavy atom. The third kappa shape index (κ3) is 16.3. The highest BCUT2D eigenvalue weighted by Gasteiger charge is 2.44. The second kappa shape index (κ2) is 23.9. The lowest BCUT2D eigenvalue weighted by atomic mass is 9.59. The average Bonchev–Trinajstić information content (AvgIpc) is 3.20. The molecule has 0 radical (unpaired) electrons. The Labute approximate surface area is 478 Å². The van der Waals surface area contributed by atoms with E-state index in [1.165, 1.54) is 55.7 Å². The summed E-state index contributed by atoms with van der Waals surface area (Å²) in [5.41, 5.74) is 20.9. The molecule has 0 bridgehead atoms. The van der Waals surface area contributed by atoms with Gasteiger partial charge in [0.2, 0.25) is 0 Å². The van der Waals surface area contributed by atoms with Gasteiger partial charge in [-0.05, 0) is 148 Å². The van der Waals surface area contributed by atoms with Crippen LogP contribution >= 0.6 is 0 Å². The third-order valence-electron chi connectivity index (χ3n) is 25.9. The van der Waals surface area contributed by atoms with Gasteiger partial charge in [-0.25, -0.2) is 0 Å². The molecule has 75 heavy (non-hydrogen) atoms. The van der Waals surface area contributed by atoms with Crippen molar-refractivity contribution in [2.24, 2.45) is 81.2 Å². The Morgan fingerprint density at radius 3 is 0.267 bits per heavy atom. The van der Waals surface area contributed by atoms with Crippen molar-refractivity contribution < 1.29 is 0 Å². The smallest absolute Gasteiger partial charge is 0.00641 e. The van der Waals surface area contributed by atoms with Crippen molar-refractivity contribution in [1.82, 2.24) is 0 Å². The normalized spacial score (nSPS) is 17.3. The molecule has 0 saturated heterocycles. The second-order valence-corrected chi connectivity index (χ2v) is 35.6. The maximum Gasteiger partial charge on any atom is 0.00641 e. The minimum Gasteiger partial charge on any atom is -0.0677 e. The molecule has 0 saturated carbocycles. The zero-order chi connectivity index (χ0) is 62.4. The predicted molar refractivity (Wildman–Crippen MR) is 351 cm³/mol. The molecule has 0 nitrogen and oxygen atoms in total. The fourth-order valence-electron chi connectivity index (χ4n) is 9.84. The highest BCUT2D eigenvalue weighted by atomic mass is 14.5. The van der Waals surface area contributed by atoms with Crippen LogP contribution in [0.4, 0.5) is 0 Å². The fourth-order valence-corrected chi connectivity index (χ4v) is 9.84. The first kappa shape index (κ1) is 77.7. The van der Waals surface area contributed by atoms with Gasteiger partial charge >= 0.3 is 0 Å². The average molecular weight is 1050 g/mol. The monoisotopic (exact) mass is 1050 g/mol. The molecule has 0 N–H and O–H groups in total. The van der Waals surface area contributed by atoms with Crippen LogP contribution in [0.3, 0.4) is 0 Å². The van der Waals surface area contributed by atoms with Crippen molar-refractivity contribution in [2.75, 3.05) is 0 Å². The summed E-state index contributed by atoms with van der Waals surface area (Å²) in [5.74, 6) is 0. The van der Waals surface area contributed by atoms with E-state index < -0.39 is 0 Å². The summed E-state index contributed by atoms with van der Waals surface area (Å²) >= 11 is 0. The number of rotatable bonds is 12. The maximum absolute atomic E-state index is 2.42. The summed E-state index contributed by atoms with van der Waals surface area (Å²) < 4.78 is 0. The fraction of sp³-hybridized carbons (Fsp3) is 0.840. The van der Waals surface area contributed by atoms with E-state index in [9.17, 15) is 0 Å². The number of hydrogen-bond donors (Lipinski definition) is 0. The minimum atomic E-state index is 0.0156. The zero-order valence-electron chi connectivity index (χ0n) is 61.5. The van der Waals surface area contributed by atoms with Crippen molar-refractivity contribution >= 4 is 0 Å². The summed E-state index contributed by atoms with van der Waals surface area (Å²) in [5, 5.41) is 0. The van der Waals surface area contributed by atoms with Crippen LogP contribution in [0.15, 0.2) is 66.9 Å². The van der Waals surface area contributed by atoms with Gasteiger partial charge in [-0.1, -0.05) is 316 Å². The SMILES string of the molecule is C/C(=C(\C)C(C)(C)/C(C)=C(/C)C(C)(C)C(C)(C)C)C(C)(C)/C(C)=C(/C)C(C)(C)C(C)(C)C.C/C(=C(\C)C(C)(C)C(C)(C)C)C(C)(C)/C(C)=C(/C)C(C)(C)C(C)(C)C.C/C(=C(\C)C(C)(C)C(C)(C)C)C(C)(C)C(C)(C)C. The first-order valence-corrected chi connectivity index (χ1v) is 30.0. The molecule has 0 aliphatic carbocycles. The molecule has 0 amide bonds. The second-order valence-electron chi connectivity index (χ2n) is 35.6. The van der Waals surface area contributed by atoms with Crippen LogP contribution in [0.5, 0.6) is 0 Å². The van der Waals surface area contributed by atoms with Crippen molar-refractivity contribution in [3.05, 3.63) is 66.9 Å². The number of allylic oxidation sites excluding steroid dienone is 12. The highest BCUT2D eigenvalue weighted by Crippen LogP contribution is 2.56. The Bertz CT molecular complexity index is 1980. The predicted octanol–water partition coefficient (Wildman–Crippen LogP) is 26.5. The Balaban J connectivity index is -0.00000108. The molecule has 0 heterocycles. The van der Waals surface area contributed by atoms with Gasteiger partial charge in [0.1, 0.15) is 0 Å². The van der Waals surface area contributed by atoms with E-state index in [2.05, 4.69) is 332 Å². The topological polar surface area (TPSA) is 0 Å². The molecule has 0 aromatic rings. The van der Waals surface area contributed by atoms with E-state index in [4.69, 9.17) is 0 Å². The summed E-state index contributed by atoms with van der Waals surface area (Å²) in [6, 6.07) is 0. The molecule has 0 spiro atoms. The van der Waals surface area contributed by atoms with E-state index >= 15 is 0 Å². The number of hydrogen-bond acceptors (Lipinski definition) is 0. The van der Waals surface area contributed by atoms with Gasteiger partial charge in [0, 0.05) is 16.2 Å². The molecule has 0 rings (SSSR count). The molecule has 444 valence electrons. The van der Waals surface area contributed by atoms with Crippen molar-refractivity contribution in [3.8, 4) is 0 Å². The molecule has 0 heteroatoms. The van der Waals surface area contributed by atoms with Crippen molar-refractivity contribution in [3.63, 3.8) is 0 Å². The molecule has 0 aromatic heterocycles. The Hall–Kier alpha value is -1.56. The maximum atomic E-state index is 2.42. The minimum absolute atomic E-state index is 0.0156. The van der Waals surface area contributed by atoms with Crippen molar-refractivity contribution in [1.29, 1.82) is 0 Å². The van der Waals surface area contributed by atoms with Crippen LogP contribution in [-0.2, 0) is 0 Å². The lowest BCUT2D eigenvalue weighted by Crippen LogP contribution is -2.36. The molecule has 0 aliphatic rings. The van der Waals surface area contributed by atoms with E-state index in [1.807, 2.05) is 0 Å². The lowest BCUT2D eigenvalue weighted by Gasteiger charge is -2.46. The quantitative estimate of drug-likeness (QED) is 0.171. The van der Waals surface area contributed by atoms with Crippen LogP contribution in [0, 0.1) is 81.2 Å². The van der Waals surface area contributed by atoms with Crippen LogP contribution in [0.25, 0.3) is 0 Å². The van der Waals surface area contributed by atoms with E-state index in [1.54, 1.807) is 11.1 Å². The van der Waals surface area contributed by atoms with Gasteiger partial charge < -0.3 is 0 Å². The molecule has 0 aromatic carbocycles. The molecule has 0 aliphatic heterocycles. The summed E-state index contributed by atoms with van der Waals surface area (Å²) in [6.45, 7) is 114. The molecular weight excluding hydrogens is 901 g/mol. The molecule has 0 unspecified atom stereocenters. The third-order valence-corrected chi connectivity index (χ3v) is 25.9. The van der Waals surface area contributed by atoms with E-state index in [0.29, 0.717) is 0 Å². The Morgan fingerprint density at radius 1 is 0.120 bits per heavy atom. The van der Waals surface area contributed by atoms with Gasteiger partial charge in [-0.15, -0.1) is 0 Å². The molecular formula is C75H144. The lowest BCUT2D eigenvalue weighted by molar-refractivity contribution is 0.149. The summed E-state index contributed by atoms with van der Waals surface area (Å²) in [7, 11) is 0. The largest absolute Gasteiger partial charge is 0.0677 e. The van der Waals surface area contributed by atoms with Gasteiger partial charge in [0.25, 0.3) is 0 Å². The van der Waals surface area contributed by atoms with Crippen molar-refractivity contribution in [2.45, 2.75) is 332 Å². The molecule has 0 atom stereocenters. The van der Waals surface area contributed by atoms with Crippen LogP contribution in [0.2, 0.25) is 0 Å². The van der Waals surface area contributed by atoms with Crippen LogP contribution < -0.4 is 0 Å². The van der Waals surface area contributed by atoms with E-state index in [0.717, 1.165) is 0 Å². The zero-order valence-corrected chi connectivity index (χ0v) is 61.5. The summed E-state index contributed by atoms with van der Waals surface area (Å²) in [4.78, 5) is 0. The van der Waals surface area contributed by atoms with Gasteiger partial charge in [0.05, 0.1) is 0 Å². The highest BCUT2D eigenvalue weighted by molar-refractivity contribution is 5.40. The first-order chi connectivity index (χ1) is 31.9. The van der Waals surface area contributed by atoms with Crippen LogP contribution in [-0.4, -0.2) is 0 Å².